The fourth-order valence-electron chi connectivity index (χ4n) is 2.64. The number of benzene rings is 1. The van der Waals surface area contributed by atoms with E-state index in [-0.39, 0.29) is 14.9 Å². The Labute approximate surface area is 136 Å². The molecule has 4 nitrogen and oxygen atoms in total. The Hall–Kier alpha value is -0.330. The highest BCUT2D eigenvalue weighted by atomic mass is 35.5. The summed E-state index contributed by atoms with van der Waals surface area (Å²) >= 11 is 11.9. The van der Waals surface area contributed by atoms with Gasteiger partial charge in [0.05, 0.1) is 10.0 Å². The van der Waals surface area contributed by atoms with E-state index >= 15 is 0 Å². The number of hydrogen-bond acceptors (Lipinski definition) is 3. The molecule has 1 heterocycles. The van der Waals surface area contributed by atoms with Gasteiger partial charge in [-0.3, -0.25) is 0 Å². The van der Waals surface area contributed by atoms with Crippen LogP contribution in [0.15, 0.2) is 23.1 Å². The Bertz CT molecular complexity index is 572. The summed E-state index contributed by atoms with van der Waals surface area (Å²) in [4.78, 5) is 2.31. The van der Waals surface area contributed by atoms with Crippen molar-refractivity contribution in [3.63, 3.8) is 0 Å². The van der Waals surface area contributed by atoms with Crippen LogP contribution in [0.4, 0.5) is 0 Å². The number of hydrogen-bond donors (Lipinski definition) is 1. The molecule has 2 rings (SSSR count). The average Bonchev–Trinajstić information content (AvgIpc) is 2.45. The molecule has 0 aromatic heterocycles. The lowest BCUT2D eigenvalue weighted by molar-refractivity contribution is 0.184. The molecule has 0 bridgehead atoms. The fourth-order valence-corrected chi connectivity index (χ4v) is 4.90. The maximum atomic E-state index is 12.4. The summed E-state index contributed by atoms with van der Waals surface area (Å²) in [6.07, 6.45) is 2.14. The van der Waals surface area contributed by atoms with Gasteiger partial charge in [-0.2, -0.15) is 0 Å². The minimum Gasteiger partial charge on any atom is -0.303 e. The van der Waals surface area contributed by atoms with Crippen molar-refractivity contribution in [1.29, 1.82) is 0 Å². The molecule has 7 heteroatoms. The highest BCUT2D eigenvalue weighted by Gasteiger charge is 2.24. The van der Waals surface area contributed by atoms with E-state index in [2.05, 4.69) is 16.5 Å². The quantitative estimate of drug-likeness (QED) is 0.887. The van der Waals surface area contributed by atoms with Gasteiger partial charge in [-0.15, -0.1) is 0 Å². The minimum atomic E-state index is -3.68. The molecule has 1 fully saturated rings. The Balaban J connectivity index is 2.05. The zero-order valence-corrected chi connectivity index (χ0v) is 14.3. The molecule has 1 N–H and O–H groups in total. The first kappa shape index (κ1) is 17.0. The van der Waals surface area contributed by atoms with Gasteiger partial charge in [-0.05, 0) is 44.0 Å². The number of rotatable bonds is 5. The molecule has 1 aliphatic heterocycles. The van der Waals surface area contributed by atoms with E-state index < -0.39 is 10.0 Å². The van der Waals surface area contributed by atoms with Crippen molar-refractivity contribution in [2.75, 3.05) is 26.2 Å². The van der Waals surface area contributed by atoms with Crippen molar-refractivity contribution in [2.24, 2.45) is 5.92 Å². The van der Waals surface area contributed by atoms with Crippen molar-refractivity contribution in [3.05, 3.63) is 28.2 Å². The van der Waals surface area contributed by atoms with Crippen molar-refractivity contribution < 1.29 is 8.42 Å². The molecule has 0 amide bonds. The van der Waals surface area contributed by atoms with Crippen LogP contribution in [-0.2, 0) is 10.0 Å². The van der Waals surface area contributed by atoms with Crippen LogP contribution in [-0.4, -0.2) is 39.5 Å². The maximum absolute atomic E-state index is 12.4. The van der Waals surface area contributed by atoms with Crippen LogP contribution in [0.2, 0.25) is 10.0 Å². The van der Waals surface area contributed by atoms with E-state index in [0.29, 0.717) is 12.5 Å². The zero-order valence-electron chi connectivity index (χ0n) is 12.0. The van der Waals surface area contributed by atoms with Gasteiger partial charge < -0.3 is 4.90 Å². The van der Waals surface area contributed by atoms with Crippen LogP contribution in [0.25, 0.3) is 0 Å². The van der Waals surface area contributed by atoms with Gasteiger partial charge in [0, 0.05) is 13.1 Å². The van der Waals surface area contributed by atoms with E-state index in [1.165, 1.54) is 12.1 Å². The highest BCUT2D eigenvalue weighted by Crippen LogP contribution is 2.29. The first-order chi connectivity index (χ1) is 9.94. The second-order valence-electron chi connectivity index (χ2n) is 5.30. The van der Waals surface area contributed by atoms with Crippen molar-refractivity contribution in [3.8, 4) is 0 Å². The molecule has 0 unspecified atom stereocenters. The fraction of sp³-hybridized carbons (Fsp3) is 0.571. The van der Waals surface area contributed by atoms with Crippen LogP contribution in [0, 0.1) is 5.92 Å². The Morgan fingerprint density at radius 1 is 1.33 bits per heavy atom. The average molecular weight is 351 g/mol. The van der Waals surface area contributed by atoms with E-state index in [9.17, 15) is 8.42 Å². The third-order valence-electron chi connectivity index (χ3n) is 3.80. The molecular weight excluding hydrogens is 331 g/mol. The summed E-state index contributed by atoms with van der Waals surface area (Å²) in [5.41, 5.74) is 0. The van der Waals surface area contributed by atoms with Gasteiger partial charge in [-0.25, -0.2) is 13.1 Å². The second kappa shape index (κ2) is 7.29. The van der Waals surface area contributed by atoms with Gasteiger partial charge in [-0.1, -0.05) is 36.2 Å². The monoisotopic (exact) mass is 350 g/mol. The standard InChI is InChI=1S/C14H20Cl2N2O2S/c1-2-18-8-4-5-11(10-18)9-17-21(19,20)14-12(15)6-3-7-13(14)16/h3,6-7,11,17H,2,4-5,8-10H2,1H3/t11-/m0/s1. The lowest BCUT2D eigenvalue weighted by atomic mass is 9.98. The summed E-state index contributed by atoms with van der Waals surface area (Å²) in [5, 5.41) is 0.294. The largest absolute Gasteiger partial charge is 0.303 e. The van der Waals surface area contributed by atoms with E-state index in [0.717, 1.165) is 32.5 Å². The molecular formula is C14H20Cl2N2O2S. The van der Waals surface area contributed by atoms with Crippen LogP contribution in [0.5, 0.6) is 0 Å². The first-order valence-corrected chi connectivity index (χ1v) is 9.34. The Morgan fingerprint density at radius 3 is 2.62 bits per heavy atom. The molecule has 0 spiro atoms. The summed E-state index contributed by atoms with van der Waals surface area (Å²) in [5.74, 6) is 0.328. The molecule has 0 aliphatic carbocycles. The SMILES string of the molecule is CCN1CCC[C@@H](CNS(=O)(=O)c2c(Cl)cccc2Cl)C1. The third kappa shape index (κ3) is 4.33. The molecule has 1 aromatic carbocycles. The Kier molecular flexibility index (Phi) is 5.91. The number of sulfonamides is 1. The molecule has 0 radical (unpaired) electrons. The topological polar surface area (TPSA) is 49.4 Å². The van der Waals surface area contributed by atoms with Crippen molar-refractivity contribution >= 4 is 33.2 Å². The maximum Gasteiger partial charge on any atom is 0.243 e. The minimum absolute atomic E-state index is 0.0310. The molecule has 1 saturated heterocycles. The van der Waals surface area contributed by atoms with Gasteiger partial charge in [0.15, 0.2) is 0 Å². The van der Waals surface area contributed by atoms with Crippen LogP contribution in [0.1, 0.15) is 19.8 Å². The van der Waals surface area contributed by atoms with Crippen molar-refractivity contribution in [1.82, 2.24) is 9.62 Å². The number of piperidine rings is 1. The summed E-state index contributed by atoms with van der Waals surface area (Å²) in [6, 6.07) is 4.69. The summed E-state index contributed by atoms with van der Waals surface area (Å²) in [6.45, 7) is 5.56. The molecule has 1 aliphatic rings. The third-order valence-corrected chi connectivity index (χ3v) is 6.18. The molecule has 118 valence electrons. The predicted molar refractivity (Wildman–Crippen MR) is 86.5 cm³/mol. The number of likely N-dealkylation sites (tertiary alicyclic amines) is 1. The molecule has 21 heavy (non-hydrogen) atoms. The Morgan fingerprint density at radius 2 is 2.00 bits per heavy atom. The van der Waals surface area contributed by atoms with Crippen LogP contribution >= 0.6 is 23.2 Å². The molecule has 0 saturated carbocycles. The van der Waals surface area contributed by atoms with E-state index in [1.807, 2.05) is 0 Å². The van der Waals surface area contributed by atoms with E-state index in [1.54, 1.807) is 6.07 Å². The number of nitrogens with one attached hydrogen (secondary N) is 1. The first-order valence-electron chi connectivity index (χ1n) is 7.10. The zero-order chi connectivity index (χ0) is 15.5. The van der Waals surface area contributed by atoms with Gasteiger partial charge >= 0.3 is 0 Å². The predicted octanol–water partition coefficient (Wildman–Crippen LogP) is 3.00. The molecule has 1 aromatic rings. The lowest BCUT2D eigenvalue weighted by Gasteiger charge is -2.31. The number of nitrogens with zero attached hydrogens (tertiary/aromatic N) is 1. The number of halogens is 2. The second-order valence-corrected chi connectivity index (χ2v) is 7.82. The van der Waals surface area contributed by atoms with Gasteiger partial charge in [0.2, 0.25) is 10.0 Å². The smallest absolute Gasteiger partial charge is 0.243 e. The van der Waals surface area contributed by atoms with Gasteiger partial charge in [0.25, 0.3) is 0 Å². The lowest BCUT2D eigenvalue weighted by Crippen LogP contribution is -2.40. The molecule has 1 atom stereocenters. The normalized spacial score (nSPS) is 20.6. The van der Waals surface area contributed by atoms with Crippen molar-refractivity contribution in [2.45, 2.75) is 24.7 Å². The van der Waals surface area contributed by atoms with Gasteiger partial charge in [0.1, 0.15) is 4.90 Å². The van der Waals surface area contributed by atoms with Crippen LogP contribution in [0.3, 0.4) is 0 Å². The summed E-state index contributed by atoms with van der Waals surface area (Å²) < 4.78 is 27.4. The summed E-state index contributed by atoms with van der Waals surface area (Å²) in [7, 11) is -3.68. The van der Waals surface area contributed by atoms with E-state index in [4.69, 9.17) is 23.2 Å². The van der Waals surface area contributed by atoms with Crippen LogP contribution < -0.4 is 4.72 Å². The highest BCUT2D eigenvalue weighted by molar-refractivity contribution is 7.89.